The van der Waals surface area contributed by atoms with Gasteiger partial charge in [-0.3, -0.25) is 0 Å². The minimum absolute atomic E-state index is 0.00141. The number of aryl methyl sites for hydroxylation is 1. The summed E-state index contributed by atoms with van der Waals surface area (Å²) in [5.74, 6) is -0.0219. The molecule has 26 heavy (non-hydrogen) atoms. The van der Waals surface area contributed by atoms with Crippen LogP contribution in [0.2, 0.25) is 0 Å². The molecule has 6 heteroatoms. The summed E-state index contributed by atoms with van der Waals surface area (Å²) in [4.78, 5) is 24.3. The summed E-state index contributed by atoms with van der Waals surface area (Å²) >= 11 is 0.00141. The van der Waals surface area contributed by atoms with Crippen LogP contribution >= 0.6 is 0 Å². The van der Waals surface area contributed by atoms with Gasteiger partial charge in [0.1, 0.15) is 0 Å². The van der Waals surface area contributed by atoms with Crippen LogP contribution in [0.25, 0.3) is 9.65 Å². The summed E-state index contributed by atoms with van der Waals surface area (Å²) in [7, 11) is 0. The van der Waals surface area contributed by atoms with E-state index in [1.807, 2.05) is 52.1 Å². The molecule has 3 aromatic rings. The number of nitrogens with two attached hydrogens (primary N) is 1. The second kappa shape index (κ2) is 8.88. The molecule has 0 aliphatic heterocycles. The molecule has 2 aromatic carbocycles. The number of nitrogens with zero attached hydrogens (tertiary/aromatic N) is 1. The van der Waals surface area contributed by atoms with Crippen molar-refractivity contribution in [2.45, 2.75) is 32.2 Å². The number of nitrogen functional groups attached to an aromatic ring is 1. The molecule has 0 aliphatic carbocycles. The average Bonchev–Trinajstić information content (AvgIpc) is 2.99. The third-order valence-electron chi connectivity index (χ3n) is 4.31. The predicted octanol–water partition coefficient (Wildman–Crippen LogP) is 2.63. The first kappa shape index (κ1) is 18.5. The third-order valence-corrected chi connectivity index (χ3v) is 6.85. The van der Waals surface area contributed by atoms with E-state index in [9.17, 15) is 9.59 Å². The summed E-state index contributed by atoms with van der Waals surface area (Å²) in [6.45, 7) is 1.46. The number of nitrogens with one attached hydrogen (secondary N) is 1. The molecule has 0 radical (unpaired) electrons. The zero-order valence-corrected chi connectivity index (χ0v) is 16.3. The molecular formula is C20H23N3O2Se. The maximum absolute atomic E-state index is 12.4. The number of amides is 1. The third kappa shape index (κ3) is 4.45. The van der Waals surface area contributed by atoms with Gasteiger partial charge in [0.2, 0.25) is 0 Å². The van der Waals surface area contributed by atoms with Crippen molar-refractivity contribution in [3.05, 3.63) is 64.4 Å². The minimum atomic E-state index is -0.0219. The Morgan fingerprint density at radius 3 is 2.54 bits per heavy atom. The molecule has 0 unspecified atom stereocenters. The van der Waals surface area contributed by atoms with Crippen molar-refractivity contribution in [3.8, 4) is 0 Å². The molecule has 0 fully saturated rings. The van der Waals surface area contributed by atoms with E-state index in [4.69, 9.17) is 5.73 Å². The van der Waals surface area contributed by atoms with E-state index in [0.717, 1.165) is 47.6 Å². The Balaban J connectivity index is 1.37. The van der Waals surface area contributed by atoms with Gasteiger partial charge in [-0.25, -0.2) is 0 Å². The van der Waals surface area contributed by atoms with E-state index >= 15 is 0 Å². The van der Waals surface area contributed by atoms with Gasteiger partial charge in [0.15, 0.2) is 0 Å². The number of carbonyl (C=O) groups is 1. The van der Waals surface area contributed by atoms with Crippen LogP contribution in [-0.2, 0) is 6.54 Å². The number of carbonyl (C=O) groups excluding carboxylic acids is 1. The van der Waals surface area contributed by atoms with E-state index in [1.165, 1.54) is 0 Å². The molecule has 0 atom stereocenters. The second-order valence-electron chi connectivity index (χ2n) is 6.26. The fourth-order valence-corrected chi connectivity index (χ4v) is 5.09. The van der Waals surface area contributed by atoms with Crippen LogP contribution < -0.4 is 16.6 Å². The Bertz CT molecular complexity index is 931. The van der Waals surface area contributed by atoms with Crippen molar-refractivity contribution in [2.24, 2.45) is 0 Å². The molecule has 1 aromatic heterocycles. The summed E-state index contributed by atoms with van der Waals surface area (Å²) in [5.41, 5.74) is 7.51. The summed E-state index contributed by atoms with van der Waals surface area (Å²) in [5, 5.41) is 3.71. The topological polar surface area (TPSA) is 77.1 Å². The molecule has 0 saturated heterocycles. The van der Waals surface area contributed by atoms with E-state index in [-0.39, 0.29) is 26.2 Å². The first-order valence-corrected chi connectivity index (χ1v) is 10.5. The van der Waals surface area contributed by atoms with Crippen LogP contribution in [-0.4, -0.2) is 30.7 Å². The zero-order chi connectivity index (χ0) is 18.4. The van der Waals surface area contributed by atoms with Crippen molar-refractivity contribution in [2.75, 3.05) is 12.3 Å². The van der Waals surface area contributed by atoms with Crippen molar-refractivity contribution in [1.29, 1.82) is 0 Å². The summed E-state index contributed by atoms with van der Waals surface area (Å²) in [6, 6.07) is 14.8. The quantitative estimate of drug-likeness (QED) is 0.337. The number of benzene rings is 2. The van der Waals surface area contributed by atoms with Crippen molar-refractivity contribution < 1.29 is 4.79 Å². The first-order chi connectivity index (χ1) is 12.7. The van der Waals surface area contributed by atoms with Gasteiger partial charge in [-0.05, 0) is 0 Å². The van der Waals surface area contributed by atoms with E-state index in [0.29, 0.717) is 12.1 Å². The standard InChI is InChI=1S/C20H23N3O2Se/c21-17-12-8-11-16-18(17)26-23(20(16)25)14-7-2-1-6-13-22-19(24)15-9-4-3-5-10-15/h3-5,8-12H,1-2,6-7,13-14,21H2,(H,22,24). The van der Waals surface area contributed by atoms with E-state index in [1.54, 1.807) is 0 Å². The Morgan fingerprint density at radius 2 is 1.77 bits per heavy atom. The van der Waals surface area contributed by atoms with Crippen molar-refractivity contribution in [1.82, 2.24) is 8.88 Å². The molecule has 3 N–H and O–H groups in total. The fraction of sp³-hybridized carbons (Fsp3) is 0.300. The van der Waals surface area contributed by atoms with E-state index < -0.39 is 0 Å². The predicted molar refractivity (Wildman–Crippen MR) is 107 cm³/mol. The first-order valence-electron chi connectivity index (χ1n) is 8.88. The number of rotatable bonds is 8. The molecule has 0 saturated carbocycles. The monoisotopic (exact) mass is 417 g/mol. The number of hydrogen-bond donors (Lipinski definition) is 2. The van der Waals surface area contributed by atoms with Crippen LogP contribution in [0.15, 0.2) is 53.3 Å². The van der Waals surface area contributed by atoms with Gasteiger partial charge in [-0.1, -0.05) is 6.07 Å². The van der Waals surface area contributed by atoms with Crippen LogP contribution in [0.1, 0.15) is 36.0 Å². The number of anilines is 1. The molecule has 0 aliphatic rings. The Labute approximate surface area is 158 Å². The van der Waals surface area contributed by atoms with Crippen molar-refractivity contribution in [3.63, 3.8) is 0 Å². The molecule has 3 rings (SSSR count). The second-order valence-corrected chi connectivity index (χ2v) is 8.42. The van der Waals surface area contributed by atoms with Crippen molar-refractivity contribution >= 4 is 36.0 Å². The fourth-order valence-electron chi connectivity index (χ4n) is 2.89. The molecular weight excluding hydrogens is 393 g/mol. The van der Waals surface area contributed by atoms with Gasteiger partial charge in [0.25, 0.3) is 0 Å². The molecule has 0 spiro atoms. The normalized spacial score (nSPS) is 10.9. The Morgan fingerprint density at radius 1 is 1.00 bits per heavy atom. The average molecular weight is 416 g/mol. The number of aromatic nitrogens is 1. The van der Waals surface area contributed by atoms with Crippen LogP contribution in [0.5, 0.6) is 0 Å². The summed E-state index contributed by atoms with van der Waals surface area (Å²) < 4.78 is 2.96. The number of hydrogen-bond acceptors (Lipinski definition) is 3. The Kier molecular flexibility index (Phi) is 6.31. The molecule has 1 amide bonds. The SMILES string of the molecule is Nc1cccc2c(=O)n(CCCCCCNC(=O)c3ccccc3)[se]c12. The van der Waals surface area contributed by atoms with E-state index in [2.05, 4.69) is 5.32 Å². The molecule has 5 nitrogen and oxygen atoms in total. The number of fused-ring (bicyclic) bond motifs is 1. The maximum atomic E-state index is 12.4. The van der Waals surface area contributed by atoms with Gasteiger partial charge in [-0.2, -0.15) is 0 Å². The van der Waals surface area contributed by atoms with Gasteiger partial charge < -0.3 is 0 Å². The Hall–Kier alpha value is -2.30. The van der Waals surface area contributed by atoms with Crippen LogP contribution in [0.4, 0.5) is 5.69 Å². The van der Waals surface area contributed by atoms with Crippen LogP contribution in [0, 0.1) is 0 Å². The van der Waals surface area contributed by atoms with Crippen LogP contribution in [0.3, 0.4) is 0 Å². The number of unbranched alkanes of at least 4 members (excludes halogenated alkanes) is 3. The van der Waals surface area contributed by atoms with Gasteiger partial charge in [0.05, 0.1) is 0 Å². The van der Waals surface area contributed by atoms with Gasteiger partial charge >= 0.3 is 153 Å². The van der Waals surface area contributed by atoms with Gasteiger partial charge in [-0.15, -0.1) is 0 Å². The van der Waals surface area contributed by atoms with Gasteiger partial charge in [0, 0.05) is 0 Å². The molecule has 1 heterocycles. The molecule has 0 bridgehead atoms. The molecule has 136 valence electrons. The summed E-state index contributed by atoms with van der Waals surface area (Å²) in [6.07, 6.45) is 4.02. The zero-order valence-electron chi connectivity index (χ0n) is 14.6.